The molecule has 1 atom stereocenters. The number of carbonyl (C=O) groups is 3. The van der Waals surface area contributed by atoms with E-state index in [-0.39, 0.29) is 24.3 Å². The lowest BCUT2D eigenvalue weighted by Gasteiger charge is -2.34. The number of anilines is 2. The monoisotopic (exact) mass is 441 g/mol. The van der Waals surface area contributed by atoms with E-state index in [1.165, 1.54) is 16.7 Å². The van der Waals surface area contributed by atoms with Gasteiger partial charge in [0, 0.05) is 28.6 Å². The summed E-state index contributed by atoms with van der Waals surface area (Å²) in [6.45, 7) is 1.25. The van der Waals surface area contributed by atoms with E-state index >= 15 is 0 Å². The number of carbonyl (C=O) groups excluding carboxylic acids is 3. The first-order chi connectivity index (χ1) is 14.6. The summed E-state index contributed by atoms with van der Waals surface area (Å²) in [5.74, 6) is -0.783. The van der Waals surface area contributed by atoms with Crippen molar-refractivity contribution in [3.63, 3.8) is 0 Å². The van der Waals surface area contributed by atoms with Gasteiger partial charge in [-0.1, -0.05) is 18.2 Å². The van der Waals surface area contributed by atoms with Crippen LogP contribution in [0.3, 0.4) is 0 Å². The summed E-state index contributed by atoms with van der Waals surface area (Å²) in [6.07, 6.45) is 3.91. The molecule has 2 aromatic carbocycles. The second-order valence-corrected chi connectivity index (χ2v) is 9.23. The fourth-order valence-corrected chi connectivity index (χ4v) is 5.33. The highest BCUT2D eigenvalue weighted by atomic mass is 32.2. The zero-order valence-electron chi connectivity index (χ0n) is 16.7. The minimum atomic E-state index is -0.842. The molecule has 2 heterocycles. The van der Waals surface area contributed by atoms with Crippen molar-refractivity contribution in [2.24, 2.45) is 0 Å². The minimum Gasteiger partial charge on any atom is -0.341 e. The predicted molar refractivity (Wildman–Crippen MR) is 121 cm³/mol. The van der Waals surface area contributed by atoms with Gasteiger partial charge in [-0.3, -0.25) is 14.4 Å². The fourth-order valence-electron chi connectivity index (χ4n) is 3.68. The number of amides is 3. The second kappa shape index (κ2) is 9.14. The largest absolute Gasteiger partial charge is 0.341 e. The SMILES string of the molecule is CSc1cccc(NC(=O)CN2C(=O)C(C(=O)N3CCCC3)Sc3ccccc32)c1. The smallest absolute Gasteiger partial charge is 0.250 e. The molecule has 6 nitrogen and oxygen atoms in total. The molecule has 0 bridgehead atoms. The molecule has 0 aliphatic carbocycles. The number of fused-ring (bicyclic) bond motifs is 1. The first kappa shape index (κ1) is 20.8. The first-order valence-electron chi connectivity index (χ1n) is 9.86. The average Bonchev–Trinajstić information content (AvgIpc) is 3.30. The zero-order chi connectivity index (χ0) is 21.1. The van der Waals surface area contributed by atoms with Gasteiger partial charge in [-0.25, -0.2) is 0 Å². The molecule has 0 saturated carbocycles. The van der Waals surface area contributed by atoms with Crippen LogP contribution in [0.15, 0.2) is 58.3 Å². The zero-order valence-corrected chi connectivity index (χ0v) is 18.3. The number of hydrogen-bond donors (Lipinski definition) is 1. The summed E-state index contributed by atoms with van der Waals surface area (Å²) in [4.78, 5) is 44.1. The summed E-state index contributed by atoms with van der Waals surface area (Å²) >= 11 is 2.87. The molecule has 156 valence electrons. The summed E-state index contributed by atoms with van der Waals surface area (Å²) in [7, 11) is 0. The standard InChI is InChI=1S/C22H23N3O3S2/c1-29-16-8-6-7-15(13-16)23-19(26)14-25-17-9-2-3-10-18(17)30-20(22(25)28)21(27)24-11-4-5-12-24/h2-3,6-10,13,20H,4-5,11-12,14H2,1H3,(H,23,26). The Kier molecular flexibility index (Phi) is 6.34. The number of thioether (sulfide) groups is 2. The molecule has 2 aliphatic rings. The molecule has 1 saturated heterocycles. The van der Waals surface area contributed by atoms with Gasteiger partial charge in [0.25, 0.3) is 5.91 Å². The molecule has 30 heavy (non-hydrogen) atoms. The summed E-state index contributed by atoms with van der Waals surface area (Å²) in [5, 5.41) is 2.02. The maximum Gasteiger partial charge on any atom is 0.250 e. The Labute approximate surface area is 184 Å². The minimum absolute atomic E-state index is 0.135. The molecule has 0 radical (unpaired) electrons. The molecule has 2 aliphatic heterocycles. The molecule has 8 heteroatoms. The fraction of sp³-hybridized carbons (Fsp3) is 0.318. The molecule has 1 N–H and O–H groups in total. The van der Waals surface area contributed by atoms with Crippen molar-refractivity contribution in [2.45, 2.75) is 27.9 Å². The van der Waals surface area contributed by atoms with Crippen LogP contribution < -0.4 is 10.2 Å². The quantitative estimate of drug-likeness (QED) is 0.568. The van der Waals surface area contributed by atoms with Gasteiger partial charge in [0.15, 0.2) is 5.25 Å². The van der Waals surface area contributed by atoms with Crippen LogP contribution in [0.5, 0.6) is 0 Å². The molecule has 1 unspecified atom stereocenters. The third-order valence-corrected chi connectivity index (χ3v) is 7.15. The number of hydrogen-bond acceptors (Lipinski definition) is 5. The number of para-hydroxylation sites is 1. The van der Waals surface area contributed by atoms with Gasteiger partial charge >= 0.3 is 0 Å². The van der Waals surface area contributed by atoms with Gasteiger partial charge in [0.05, 0.1) is 5.69 Å². The molecular formula is C22H23N3O3S2. The Balaban J connectivity index is 1.54. The van der Waals surface area contributed by atoms with Crippen molar-refractivity contribution in [2.75, 3.05) is 36.1 Å². The Morgan fingerprint density at radius 2 is 1.90 bits per heavy atom. The van der Waals surface area contributed by atoms with Gasteiger partial charge in [-0.15, -0.1) is 23.5 Å². The average molecular weight is 442 g/mol. The summed E-state index contributed by atoms with van der Waals surface area (Å²) in [5.41, 5.74) is 1.36. The van der Waals surface area contributed by atoms with E-state index in [0.29, 0.717) is 24.5 Å². The highest BCUT2D eigenvalue weighted by Gasteiger charge is 2.41. The number of nitrogens with zero attached hydrogens (tertiary/aromatic N) is 2. The second-order valence-electron chi connectivity index (χ2n) is 7.20. The van der Waals surface area contributed by atoms with Crippen LogP contribution in [0.1, 0.15) is 12.8 Å². The van der Waals surface area contributed by atoms with Gasteiger partial charge in [0.1, 0.15) is 6.54 Å². The van der Waals surface area contributed by atoms with Crippen LogP contribution in [-0.4, -0.2) is 53.8 Å². The van der Waals surface area contributed by atoms with Crippen molar-refractivity contribution in [1.82, 2.24) is 4.90 Å². The lowest BCUT2D eigenvalue weighted by molar-refractivity contribution is -0.134. The third kappa shape index (κ3) is 4.34. The van der Waals surface area contributed by atoms with Crippen LogP contribution in [-0.2, 0) is 14.4 Å². The Morgan fingerprint density at radius 1 is 1.13 bits per heavy atom. The van der Waals surface area contributed by atoms with Gasteiger partial charge in [0.2, 0.25) is 11.8 Å². The van der Waals surface area contributed by atoms with Crippen LogP contribution in [0.4, 0.5) is 11.4 Å². The Bertz CT molecular complexity index is 976. The molecule has 3 amide bonds. The third-order valence-electron chi connectivity index (χ3n) is 5.19. The van der Waals surface area contributed by atoms with E-state index in [0.717, 1.165) is 22.6 Å². The molecular weight excluding hydrogens is 418 g/mol. The number of benzene rings is 2. The maximum atomic E-state index is 13.2. The summed E-state index contributed by atoms with van der Waals surface area (Å²) < 4.78 is 0. The van der Waals surface area contributed by atoms with Gasteiger partial charge in [-0.05, 0) is 49.4 Å². The number of nitrogens with one attached hydrogen (secondary N) is 1. The van der Waals surface area contributed by atoms with Gasteiger partial charge < -0.3 is 15.1 Å². The highest BCUT2D eigenvalue weighted by Crippen LogP contribution is 2.40. The summed E-state index contributed by atoms with van der Waals surface area (Å²) in [6, 6.07) is 15.0. The molecule has 0 aromatic heterocycles. The van der Waals surface area contributed by atoms with Crippen LogP contribution in [0.2, 0.25) is 0 Å². The van der Waals surface area contributed by atoms with Crippen molar-refractivity contribution in [1.29, 1.82) is 0 Å². The van der Waals surface area contributed by atoms with Crippen molar-refractivity contribution >= 4 is 52.6 Å². The number of rotatable bonds is 5. The van der Waals surface area contributed by atoms with Crippen LogP contribution in [0.25, 0.3) is 0 Å². The van der Waals surface area contributed by atoms with Crippen LogP contribution in [0, 0.1) is 0 Å². The van der Waals surface area contributed by atoms with Gasteiger partial charge in [-0.2, -0.15) is 0 Å². The molecule has 0 spiro atoms. The molecule has 4 rings (SSSR count). The van der Waals surface area contributed by atoms with Crippen molar-refractivity contribution in [3.8, 4) is 0 Å². The highest BCUT2D eigenvalue weighted by molar-refractivity contribution is 8.01. The van der Waals surface area contributed by atoms with Crippen molar-refractivity contribution in [3.05, 3.63) is 48.5 Å². The lowest BCUT2D eigenvalue weighted by Crippen LogP contribution is -2.51. The number of likely N-dealkylation sites (tertiary alicyclic amines) is 1. The Hall–Kier alpha value is -2.45. The van der Waals surface area contributed by atoms with Crippen LogP contribution >= 0.6 is 23.5 Å². The van der Waals surface area contributed by atoms with E-state index in [4.69, 9.17) is 0 Å². The van der Waals surface area contributed by atoms with E-state index in [2.05, 4.69) is 5.32 Å². The first-order valence-corrected chi connectivity index (χ1v) is 12.0. The van der Waals surface area contributed by atoms with E-state index in [1.807, 2.05) is 54.8 Å². The normalized spacial score (nSPS) is 18.3. The van der Waals surface area contributed by atoms with E-state index < -0.39 is 5.25 Å². The van der Waals surface area contributed by atoms with E-state index in [1.54, 1.807) is 16.7 Å². The molecule has 2 aromatic rings. The lowest BCUT2D eigenvalue weighted by atomic mass is 10.2. The maximum absolute atomic E-state index is 13.2. The Morgan fingerprint density at radius 3 is 2.67 bits per heavy atom. The topological polar surface area (TPSA) is 69.7 Å². The predicted octanol–water partition coefficient (Wildman–Crippen LogP) is 3.48. The van der Waals surface area contributed by atoms with Crippen molar-refractivity contribution < 1.29 is 14.4 Å². The molecule has 1 fully saturated rings. The van der Waals surface area contributed by atoms with E-state index in [9.17, 15) is 14.4 Å².